The molecular weight excluding hydrogens is 365 g/mol. The summed E-state index contributed by atoms with van der Waals surface area (Å²) < 4.78 is 14.8. The van der Waals surface area contributed by atoms with Crippen LogP contribution in [0.3, 0.4) is 0 Å². The van der Waals surface area contributed by atoms with E-state index in [2.05, 4.69) is 35.1 Å². The van der Waals surface area contributed by atoms with Gasteiger partial charge in [0.25, 0.3) is 0 Å². The lowest BCUT2D eigenvalue weighted by Crippen LogP contribution is -2.47. The molecule has 0 aliphatic rings. The number of amides is 1. The summed E-state index contributed by atoms with van der Waals surface area (Å²) in [6, 6.07) is 6.12. The molecule has 0 fully saturated rings. The van der Waals surface area contributed by atoms with Gasteiger partial charge in [0, 0.05) is 24.3 Å². The Kier molecular flexibility index (Phi) is 7.29. The normalized spacial score (nSPS) is 10.7. The van der Waals surface area contributed by atoms with E-state index in [4.69, 9.17) is 12.2 Å². The number of hydrogen-bond acceptors (Lipinski definition) is 3. The molecule has 1 aromatic carbocycles. The van der Waals surface area contributed by atoms with Crippen LogP contribution >= 0.6 is 12.2 Å². The van der Waals surface area contributed by atoms with E-state index in [9.17, 15) is 9.18 Å². The molecule has 0 atom stereocenters. The van der Waals surface area contributed by atoms with Crippen LogP contribution in [-0.4, -0.2) is 20.8 Å². The minimum atomic E-state index is -0.283. The molecule has 1 amide bonds. The fourth-order valence-electron chi connectivity index (χ4n) is 2.67. The van der Waals surface area contributed by atoms with Crippen LogP contribution in [0, 0.1) is 25.6 Å². The number of nitrogens with one attached hydrogen (secondary N) is 3. The van der Waals surface area contributed by atoms with E-state index in [0.29, 0.717) is 12.5 Å². The predicted molar refractivity (Wildman–Crippen MR) is 107 cm³/mol. The number of carbonyl (C=O) groups excluding carboxylic acids is 1. The van der Waals surface area contributed by atoms with E-state index in [1.165, 1.54) is 12.1 Å². The van der Waals surface area contributed by atoms with Crippen LogP contribution in [0.2, 0.25) is 0 Å². The number of nitrogens with zero attached hydrogens (tertiary/aromatic N) is 2. The van der Waals surface area contributed by atoms with Crippen molar-refractivity contribution in [1.29, 1.82) is 0 Å². The average molecular weight is 392 g/mol. The Morgan fingerprint density at radius 2 is 1.89 bits per heavy atom. The quantitative estimate of drug-likeness (QED) is 0.521. The van der Waals surface area contributed by atoms with Crippen molar-refractivity contribution in [3.8, 4) is 0 Å². The van der Waals surface area contributed by atoms with Gasteiger partial charge < -0.3 is 5.32 Å². The molecule has 146 valence electrons. The zero-order valence-electron chi connectivity index (χ0n) is 16.1. The smallest absolute Gasteiger partial charge is 0.242 e. The molecule has 1 heterocycles. The van der Waals surface area contributed by atoms with Crippen LogP contribution in [-0.2, 0) is 24.3 Å². The monoisotopic (exact) mass is 391 g/mol. The highest BCUT2D eigenvalue weighted by Crippen LogP contribution is 2.15. The number of aromatic nitrogens is 2. The molecule has 2 aromatic rings. The first-order valence-corrected chi connectivity index (χ1v) is 9.27. The summed E-state index contributed by atoms with van der Waals surface area (Å²) in [6.45, 7) is 9.41. The summed E-state index contributed by atoms with van der Waals surface area (Å²) in [4.78, 5) is 12.2. The van der Waals surface area contributed by atoms with Crippen LogP contribution in [0.5, 0.6) is 0 Å². The summed E-state index contributed by atoms with van der Waals surface area (Å²) in [5.74, 6) is 0.00106. The third kappa shape index (κ3) is 6.32. The lowest BCUT2D eigenvalue weighted by Gasteiger charge is -2.12. The summed E-state index contributed by atoms with van der Waals surface area (Å²) in [7, 11) is 0. The van der Waals surface area contributed by atoms with Crippen molar-refractivity contribution >= 4 is 23.2 Å². The highest BCUT2D eigenvalue weighted by Gasteiger charge is 2.15. The second-order valence-electron chi connectivity index (χ2n) is 6.88. The molecule has 0 aliphatic carbocycles. The SMILES string of the molecule is Cc1nn(CC(C)C)c(C)c1CC(=O)NNC(=S)NCc1ccc(F)cc1. The second kappa shape index (κ2) is 9.45. The zero-order valence-corrected chi connectivity index (χ0v) is 16.9. The third-order valence-electron chi connectivity index (χ3n) is 4.09. The van der Waals surface area contributed by atoms with Crippen LogP contribution in [0.25, 0.3) is 0 Å². The Morgan fingerprint density at radius 3 is 2.52 bits per heavy atom. The van der Waals surface area contributed by atoms with Crippen molar-refractivity contribution in [3.63, 3.8) is 0 Å². The van der Waals surface area contributed by atoms with Gasteiger partial charge in [0.05, 0.1) is 12.1 Å². The molecule has 6 nitrogen and oxygen atoms in total. The number of aryl methyl sites for hydroxylation is 1. The van der Waals surface area contributed by atoms with Crippen molar-refractivity contribution < 1.29 is 9.18 Å². The van der Waals surface area contributed by atoms with E-state index >= 15 is 0 Å². The van der Waals surface area contributed by atoms with Crippen LogP contribution in [0.4, 0.5) is 4.39 Å². The lowest BCUT2D eigenvalue weighted by molar-refractivity contribution is -0.121. The molecule has 27 heavy (non-hydrogen) atoms. The Morgan fingerprint density at radius 1 is 1.22 bits per heavy atom. The number of carbonyl (C=O) groups is 1. The topological polar surface area (TPSA) is 71.0 Å². The second-order valence-corrected chi connectivity index (χ2v) is 7.29. The summed E-state index contributed by atoms with van der Waals surface area (Å²) in [5, 5.41) is 7.76. The Hall–Kier alpha value is -2.48. The molecule has 2 rings (SSSR count). The van der Waals surface area contributed by atoms with Crippen molar-refractivity contribution in [2.45, 2.75) is 47.2 Å². The minimum Gasteiger partial charge on any atom is -0.357 e. The van der Waals surface area contributed by atoms with Gasteiger partial charge in [-0.3, -0.25) is 20.3 Å². The van der Waals surface area contributed by atoms with Gasteiger partial charge in [-0.1, -0.05) is 26.0 Å². The fraction of sp³-hybridized carbons (Fsp3) is 0.421. The molecule has 8 heteroatoms. The van der Waals surface area contributed by atoms with Gasteiger partial charge in [-0.25, -0.2) is 4.39 Å². The molecule has 0 saturated carbocycles. The molecule has 0 aliphatic heterocycles. The van der Waals surface area contributed by atoms with Crippen molar-refractivity contribution in [1.82, 2.24) is 25.9 Å². The summed E-state index contributed by atoms with van der Waals surface area (Å²) in [6.07, 6.45) is 0.226. The van der Waals surface area contributed by atoms with Gasteiger partial charge in [-0.15, -0.1) is 0 Å². The minimum absolute atomic E-state index is 0.198. The van der Waals surface area contributed by atoms with E-state index in [1.54, 1.807) is 12.1 Å². The number of thiocarbonyl (C=S) groups is 1. The van der Waals surface area contributed by atoms with Crippen molar-refractivity contribution in [3.05, 3.63) is 52.6 Å². The van der Waals surface area contributed by atoms with Crippen LogP contribution in [0.1, 0.15) is 36.4 Å². The maximum atomic E-state index is 12.9. The molecular formula is C19H26FN5OS. The van der Waals surface area contributed by atoms with E-state index in [-0.39, 0.29) is 23.3 Å². The number of rotatable bonds is 6. The first-order valence-electron chi connectivity index (χ1n) is 8.86. The third-order valence-corrected chi connectivity index (χ3v) is 4.33. The molecule has 0 saturated heterocycles. The molecule has 0 radical (unpaired) electrons. The summed E-state index contributed by atoms with van der Waals surface area (Å²) >= 11 is 5.14. The van der Waals surface area contributed by atoms with Gasteiger partial charge in [-0.2, -0.15) is 5.10 Å². The van der Waals surface area contributed by atoms with Gasteiger partial charge in [0.2, 0.25) is 5.91 Å². The number of halogens is 1. The highest BCUT2D eigenvalue weighted by atomic mass is 32.1. The van der Waals surface area contributed by atoms with E-state index in [0.717, 1.165) is 29.1 Å². The Balaban J connectivity index is 1.81. The fourth-order valence-corrected chi connectivity index (χ4v) is 2.80. The number of benzene rings is 1. The first kappa shape index (κ1) is 20.8. The van der Waals surface area contributed by atoms with E-state index in [1.807, 2.05) is 18.5 Å². The molecule has 3 N–H and O–H groups in total. The Bertz CT molecular complexity index is 801. The average Bonchev–Trinajstić information content (AvgIpc) is 2.86. The first-order chi connectivity index (χ1) is 12.8. The van der Waals surface area contributed by atoms with Gasteiger partial charge in [0.15, 0.2) is 5.11 Å². The largest absolute Gasteiger partial charge is 0.357 e. The summed E-state index contributed by atoms with van der Waals surface area (Å²) in [5.41, 5.74) is 8.96. The molecule has 0 bridgehead atoms. The molecule has 1 aromatic heterocycles. The lowest BCUT2D eigenvalue weighted by atomic mass is 10.1. The van der Waals surface area contributed by atoms with Crippen molar-refractivity contribution in [2.75, 3.05) is 0 Å². The van der Waals surface area contributed by atoms with Crippen molar-refractivity contribution in [2.24, 2.45) is 5.92 Å². The Labute approximate surface area is 164 Å². The van der Waals surface area contributed by atoms with Gasteiger partial charge in [0.1, 0.15) is 5.82 Å². The maximum Gasteiger partial charge on any atom is 0.242 e. The number of hydrogen-bond donors (Lipinski definition) is 3. The molecule has 0 spiro atoms. The van der Waals surface area contributed by atoms with Gasteiger partial charge >= 0.3 is 0 Å². The van der Waals surface area contributed by atoms with E-state index < -0.39 is 0 Å². The highest BCUT2D eigenvalue weighted by molar-refractivity contribution is 7.80. The number of hydrazine groups is 1. The standard InChI is InChI=1S/C19H26FN5OS/c1-12(2)11-25-14(4)17(13(3)24-25)9-18(26)22-23-19(27)21-10-15-5-7-16(20)8-6-15/h5-8,12H,9-11H2,1-4H3,(H,22,26)(H2,21,23,27). The van der Waals surface area contributed by atoms with Crippen LogP contribution < -0.4 is 16.2 Å². The van der Waals surface area contributed by atoms with Gasteiger partial charge in [-0.05, 0) is 49.7 Å². The predicted octanol–water partition coefficient (Wildman–Crippen LogP) is 2.53. The maximum absolute atomic E-state index is 12.9. The zero-order chi connectivity index (χ0) is 20.0. The van der Waals surface area contributed by atoms with Crippen LogP contribution in [0.15, 0.2) is 24.3 Å². The molecule has 0 unspecified atom stereocenters.